The largest absolute Gasteiger partial charge is 0.481 e. The summed E-state index contributed by atoms with van der Waals surface area (Å²) in [6, 6.07) is 6.16. The lowest BCUT2D eigenvalue weighted by atomic mass is 10.2. The maximum Gasteiger partial charge on any atom is 0.313 e. The van der Waals surface area contributed by atoms with E-state index in [0.29, 0.717) is 29.5 Å². The number of thioether (sulfide) groups is 2. The first-order valence-electron chi connectivity index (χ1n) is 6.38. The highest BCUT2D eigenvalue weighted by Crippen LogP contribution is 2.14. The molecule has 1 amide bonds. The van der Waals surface area contributed by atoms with E-state index in [1.165, 1.54) is 0 Å². The molecule has 0 aliphatic carbocycles. The molecule has 1 atom stereocenters. The van der Waals surface area contributed by atoms with Crippen LogP contribution >= 0.6 is 39.5 Å². The number of halogens is 1. The quantitative estimate of drug-likeness (QED) is 0.691. The third kappa shape index (κ3) is 6.85. The van der Waals surface area contributed by atoms with Crippen molar-refractivity contribution in [3.63, 3.8) is 0 Å². The van der Waals surface area contributed by atoms with Gasteiger partial charge in [0.1, 0.15) is 0 Å². The molecule has 2 N–H and O–H groups in total. The monoisotopic (exact) mass is 405 g/mol. The van der Waals surface area contributed by atoms with Crippen molar-refractivity contribution in [2.75, 3.05) is 17.8 Å². The number of carbonyl (C=O) groups is 3. The highest BCUT2D eigenvalue weighted by molar-refractivity contribution is 9.10. The number of aliphatic carboxylic acids is 1. The Kier molecular flexibility index (Phi) is 8.59. The first-order chi connectivity index (χ1) is 10.4. The van der Waals surface area contributed by atoms with Crippen LogP contribution in [0.25, 0.3) is 0 Å². The number of carboxylic acids is 1. The Morgan fingerprint density at radius 1 is 1.36 bits per heavy atom. The van der Waals surface area contributed by atoms with Gasteiger partial charge in [0, 0.05) is 10.0 Å². The van der Waals surface area contributed by atoms with E-state index in [4.69, 9.17) is 5.11 Å². The van der Waals surface area contributed by atoms with Crippen molar-refractivity contribution >= 4 is 56.4 Å². The molecule has 0 bridgehead atoms. The van der Waals surface area contributed by atoms with Gasteiger partial charge in [-0.2, -0.15) is 11.8 Å². The zero-order valence-electron chi connectivity index (χ0n) is 11.9. The van der Waals surface area contributed by atoms with Crippen LogP contribution in [-0.4, -0.2) is 45.9 Å². The molecule has 0 heterocycles. The average Bonchev–Trinajstić information content (AvgIpc) is 2.48. The fourth-order valence-electron chi connectivity index (χ4n) is 1.59. The zero-order chi connectivity index (χ0) is 16.5. The summed E-state index contributed by atoms with van der Waals surface area (Å²) in [6.45, 7) is 0. The molecule has 0 aromatic heterocycles. The Hall–Kier alpha value is -0.990. The predicted octanol–water partition coefficient (Wildman–Crippen LogP) is 2.65. The number of nitrogens with one attached hydrogen (secondary N) is 1. The second-order valence-electron chi connectivity index (χ2n) is 4.32. The van der Waals surface area contributed by atoms with Gasteiger partial charge < -0.3 is 10.4 Å². The van der Waals surface area contributed by atoms with E-state index in [2.05, 4.69) is 21.2 Å². The minimum absolute atomic E-state index is 0.304. The minimum Gasteiger partial charge on any atom is -0.481 e. The number of carboxylic acid groups (broad SMARTS) is 1. The zero-order valence-corrected chi connectivity index (χ0v) is 15.1. The van der Waals surface area contributed by atoms with Gasteiger partial charge in [0.25, 0.3) is 5.91 Å². The lowest BCUT2D eigenvalue weighted by molar-refractivity contribution is -0.134. The highest BCUT2D eigenvalue weighted by atomic mass is 79.9. The smallest absolute Gasteiger partial charge is 0.313 e. The molecule has 0 aliphatic rings. The molecular formula is C14H16BrNO4S2. The van der Waals surface area contributed by atoms with Crippen LogP contribution in [0.15, 0.2) is 28.7 Å². The summed E-state index contributed by atoms with van der Waals surface area (Å²) in [4.78, 5) is 34.8. The molecule has 22 heavy (non-hydrogen) atoms. The van der Waals surface area contributed by atoms with Gasteiger partial charge in [0.15, 0.2) is 0 Å². The molecular weight excluding hydrogens is 390 g/mol. The summed E-state index contributed by atoms with van der Waals surface area (Å²) in [5.41, 5.74) is 0.444. The normalized spacial score (nSPS) is 11.7. The number of amides is 1. The summed E-state index contributed by atoms with van der Waals surface area (Å²) < 4.78 is 0.771. The van der Waals surface area contributed by atoms with Crippen LogP contribution in [0.2, 0.25) is 0 Å². The van der Waals surface area contributed by atoms with Crippen LogP contribution in [-0.2, 0) is 9.59 Å². The molecule has 5 nitrogen and oxygen atoms in total. The third-order valence-corrected chi connectivity index (χ3v) is 4.72. The Labute approximate surface area is 145 Å². The van der Waals surface area contributed by atoms with Crippen LogP contribution in [0.1, 0.15) is 16.8 Å². The first-order valence-corrected chi connectivity index (χ1v) is 9.55. The molecule has 1 rings (SSSR count). The van der Waals surface area contributed by atoms with Crippen molar-refractivity contribution in [1.82, 2.24) is 5.32 Å². The van der Waals surface area contributed by atoms with Gasteiger partial charge in [0.2, 0.25) is 5.12 Å². The summed E-state index contributed by atoms with van der Waals surface area (Å²) in [5, 5.41) is 11.0. The van der Waals surface area contributed by atoms with Gasteiger partial charge in [-0.25, -0.2) is 0 Å². The number of carbonyl (C=O) groups excluding carboxylic acids is 2. The van der Waals surface area contributed by atoms with E-state index in [1.54, 1.807) is 36.0 Å². The minimum atomic E-state index is -1.06. The third-order valence-electron chi connectivity index (χ3n) is 2.63. The summed E-state index contributed by atoms with van der Waals surface area (Å²) >= 11 is 5.56. The van der Waals surface area contributed by atoms with Crippen molar-refractivity contribution in [2.45, 2.75) is 12.5 Å². The van der Waals surface area contributed by atoms with Gasteiger partial charge >= 0.3 is 5.97 Å². The average molecular weight is 406 g/mol. The number of rotatable bonds is 8. The van der Waals surface area contributed by atoms with E-state index in [1.807, 2.05) is 6.26 Å². The number of hydrogen-bond donors (Lipinski definition) is 2. The number of benzene rings is 1. The molecule has 8 heteroatoms. The molecule has 120 valence electrons. The predicted molar refractivity (Wildman–Crippen MR) is 93.5 cm³/mol. The molecule has 0 saturated carbocycles. The summed E-state index contributed by atoms with van der Waals surface area (Å²) in [6.07, 6.45) is 2.37. The Morgan fingerprint density at radius 2 is 2.09 bits per heavy atom. The molecule has 1 aromatic rings. The van der Waals surface area contributed by atoms with Gasteiger partial charge in [-0.05, 0) is 36.6 Å². The van der Waals surface area contributed by atoms with Crippen LogP contribution in [0.5, 0.6) is 0 Å². The van der Waals surface area contributed by atoms with E-state index in [0.717, 1.165) is 4.47 Å². The fourth-order valence-corrected chi connectivity index (χ4v) is 3.10. The molecule has 0 saturated heterocycles. The van der Waals surface area contributed by atoms with Crippen LogP contribution in [0, 0.1) is 0 Å². The second-order valence-corrected chi connectivity index (χ2v) is 7.20. The SMILES string of the molecule is CSCC[C@H](NC(=O)c1cccc(Br)c1)C(=O)SCC(=O)O. The molecule has 0 fully saturated rings. The molecule has 1 aromatic carbocycles. The van der Waals surface area contributed by atoms with Gasteiger partial charge in [-0.1, -0.05) is 33.8 Å². The standard InChI is InChI=1S/C14H16BrNO4S2/c1-21-6-5-11(14(20)22-8-12(17)18)16-13(19)9-3-2-4-10(15)7-9/h2-4,7,11H,5-6,8H2,1H3,(H,16,19)(H,17,18)/t11-/m0/s1. The van der Waals surface area contributed by atoms with Crippen LogP contribution in [0.4, 0.5) is 0 Å². The van der Waals surface area contributed by atoms with Crippen molar-refractivity contribution in [3.05, 3.63) is 34.3 Å². The Balaban J connectivity index is 2.72. The van der Waals surface area contributed by atoms with E-state index >= 15 is 0 Å². The summed E-state index contributed by atoms with van der Waals surface area (Å²) in [5.74, 6) is -1.01. The van der Waals surface area contributed by atoms with E-state index < -0.39 is 12.0 Å². The van der Waals surface area contributed by atoms with Crippen molar-refractivity contribution in [3.8, 4) is 0 Å². The van der Waals surface area contributed by atoms with Crippen molar-refractivity contribution < 1.29 is 19.5 Å². The lowest BCUT2D eigenvalue weighted by Gasteiger charge is -2.16. The maximum atomic E-state index is 12.2. The van der Waals surface area contributed by atoms with Crippen molar-refractivity contribution in [1.29, 1.82) is 0 Å². The van der Waals surface area contributed by atoms with E-state index in [-0.39, 0.29) is 16.8 Å². The van der Waals surface area contributed by atoms with Gasteiger partial charge in [-0.15, -0.1) is 0 Å². The lowest BCUT2D eigenvalue weighted by Crippen LogP contribution is -2.40. The highest BCUT2D eigenvalue weighted by Gasteiger charge is 2.22. The maximum absolute atomic E-state index is 12.2. The van der Waals surface area contributed by atoms with Crippen LogP contribution in [0.3, 0.4) is 0 Å². The summed E-state index contributed by atoms with van der Waals surface area (Å²) in [7, 11) is 0. The Bertz CT molecular complexity index is 553. The van der Waals surface area contributed by atoms with Crippen LogP contribution < -0.4 is 5.32 Å². The number of hydrogen-bond acceptors (Lipinski definition) is 5. The first kappa shape index (κ1) is 19.1. The van der Waals surface area contributed by atoms with Gasteiger partial charge in [-0.3, -0.25) is 14.4 Å². The Morgan fingerprint density at radius 3 is 2.68 bits per heavy atom. The molecule has 0 aliphatic heterocycles. The molecule has 0 spiro atoms. The van der Waals surface area contributed by atoms with Crippen molar-refractivity contribution in [2.24, 2.45) is 0 Å². The second kappa shape index (κ2) is 9.91. The fraction of sp³-hybridized carbons (Fsp3) is 0.357. The topological polar surface area (TPSA) is 83.5 Å². The van der Waals surface area contributed by atoms with E-state index in [9.17, 15) is 14.4 Å². The molecule has 0 radical (unpaired) electrons. The van der Waals surface area contributed by atoms with Gasteiger partial charge in [0.05, 0.1) is 11.8 Å². The molecule has 0 unspecified atom stereocenters.